The number of aromatic nitrogens is 1. The summed E-state index contributed by atoms with van der Waals surface area (Å²) in [6, 6.07) is 51.5. The molecular formula is C40H23NS. The predicted molar refractivity (Wildman–Crippen MR) is 184 cm³/mol. The van der Waals surface area contributed by atoms with Gasteiger partial charge in [-0.1, -0.05) is 127 Å². The molecule has 0 radical (unpaired) electrons. The van der Waals surface area contributed by atoms with Crippen LogP contribution in [-0.2, 0) is 0 Å². The van der Waals surface area contributed by atoms with Gasteiger partial charge in [-0.15, -0.1) is 11.3 Å². The Kier molecular flexibility index (Phi) is 4.39. The summed E-state index contributed by atoms with van der Waals surface area (Å²) in [7, 11) is 0. The molecule has 0 spiro atoms. The molecule has 10 aromatic rings. The van der Waals surface area contributed by atoms with Crippen LogP contribution in [0.2, 0.25) is 0 Å². The van der Waals surface area contributed by atoms with E-state index in [9.17, 15) is 0 Å². The smallest absolute Gasteiger partial charge is 0.0726 e. The number of hydrogen-bond acceptors (Lipinski definition) is 1. The fraction of sp³-hybridized carbons (Fsp3) is 0. The minimum Gasteiger partial charge on any atom is -0.307 e. The van der Waals surface area contributed by atoms with Gasteiger partial charge in [-0.3, -0.25) is 0 Å². The molecule has 0 aliphatic rings. The Bertz CT molecular complexity index is 2740. The Balaban J connectivity index is 1.55. The van der Waals surface area contributed by atoms with E-state index >= 15 is 0 Å². The highest BCUT2D eigenvalue weighted by Gasteiger charge is 2.23. The van der Waals surface area contributed by atoms with E-state index in [0.717, 1.165) is 0 Å². The van der Waals surface area contributed by atoms with Gasteiger partial charge in [0.2, 0.25) is 0 Å². The van der Waals surface area contributed by atoms with Crippen LogP contribution in [0.25, 0.3) is 90.8 Å². The zero-order valence-electron chi connectivity index (χ0n) is 22.6. The molecule has 2 heterocycles. The molecule has 0 saturated heterocycles. The van der Waals surface area contributed by atoms with E-state index in [1.165, 1.54) is 90.8 Å². The monoisotopic (exact) mass is 549 g/mol. The third-order valence-corrected chi connectivity index (χ3v) is 10.3. The van der Waals surface area contributed by atoms with Gasteiger partial charge < -0.3 is 4.57 Å². The molecule has 0 unspecified atom stereocenters. The lowest BCUT2D eigenvalue weighted by atomic mass is 9.98. The van der Waals surface area contributed by atoms with Crippen LogP contribution in [-0.4, -0.2) is 4.57 Å². The quantitative estimate of drug-likeness (QED) is 0.179. The second-order valence-electron chi connectivity index (χ2n) is 11.2. The summed E-state index contributed by atoms with van der Waals surface area (Å²) in [5, 5.41) is 15.6. The van der Waals surface area contributed by atoms with Crippen LogP contribution in [0.3, 0.4) is 0 Å². The maximum Gasteiger partial charge on any atom is 0.0726 e. The molecule has 1 nitrogen and oxygen atoms in total. The Labute approximate surface area is 245 Å². The summed E-state index contributed by atoms with van der Waals surface area (Å²) in [6.45, 7) is 0. The van der Waals surface area contributed by atoms with Crippen molar-refractivity contribution in [1.29, 1.82) is 0 Å². The number of hydrogen-bond donors (Lipinski definition) is 0. The summed E-state index contributed by atoms with van der Waals surface area (Å²) in [5.41, 5.74) is 3.81. The number of fused-ring (bicyclic) bond motifs is 15. The second kappa shape index (κ2) is 8.19. The predicted octanol–water partition coefficient (Wildman–Crippen LogP) is 11.8. The molecular weight excluding hydrogens is 527 g/mol. The molecule has 0 atom stereocenters. The molecule has 8 aromatic carbocycles. The molecule has 0 bridgehead atoms. The van der Waals surface area contributed by atoms with Crippen molar-refractivity contribution < 1.29 is 0 Å². The number of benzene rings is 8. The minimum absolute atomic E-state index is 1.23. The number of nitrogens with zero attached hydrogens (tertiary/aromatic N) is 1. The Morgan fingerprint density at radius 1 is 0.357 bits per heavy atom. The van der Waals surface area contributed by atoms with Crippen LogP contribution in [0.15, 0.2) is 140 Å². The van der Waals surface area contributed by atoms with Gasteiger partial charge in [0.1, 0.15) is 0 Å². The average Bonchev–Trinajstić information content (AvgIpc) is 3.61. The SMILES string of the molecule is c1ccc2c(c1)ccc1c(-n3c4c5ccccc5ccc4c4c5ccccc5c5c6ccccc6sc5c43)cccc12. The first-order valence-corrected chi connectivity index (χ1v) is 15.3. The van der Waals surface area contributed by atoms with Gasteiger partial charge in [0, 0.05) is 37.0 Å². The van der Waals surface area contributed by atoms with Crippen molar-refractivity contribution in [2.24, 2.45) is 0 Å². The van der Waals surface area contributed by atoms with Gasteiger partial charge in [0.25, 0.3) is 0 Å². The summed E-state index contributed by atoms with van der Waals surface area (Å²) in [5.74, 6) is 0. The standard InChI is InChI=1S/C40H23NS/c1-3-12-26-24(10-1)20-22-29-28(26)17-9-18-34(29)41-38-27-13-4-2-11-25(27)21-23-33(38)36-30-14-5-6-15-31(30)37-32-16-7-8-19-35(32)42-40(37)39(36)41/h1-23H. The Morgan fingerprint density at radius 3 is 1.76 bits per heavy atom. The van der Waals surface area contributed by atoms with E-state index in [0.29, 0.717) is 0 Å². The van der Waals surface area contributed by atoms with Gasteiger partial charge in [0.05, 0.1) is 21.4 Å². The third-order valence-electron chi connectivity index (χ3n) is 9.13. The van der Waals surface area contributed by atoms with Crippen molar-refractivity contribution >= 4 is 96.4 Å². The lowest BCUT2D eigenvalue weighted by Crippen LogP contribution is -1.96. The van der Waals surface area contributed by atoms with Crippen LogP contribution < -0.4 is 0 Å². The first-order chi connectivity index (χ1) is 20.9. The van der Waals surface area contributed by atoms with Crippen molar-refractivity contribution in [2.75, 3.05) is 0 Å². The molecule has 2 heteroatoms. The van der Waals surface area contributed by atoms with Gasteiger partial charge in [0.15, 0.2) is 0 Å². The molecule has 0 N–H and O–H groups in total. The lowest BCUT2D eigenvalue weighted by Gasteiger charge is -2.15. The van der Waals surface area contributed by atoms with E-state index in [1.807, 2.05) is 11.3 Å². The maximum atomic E-state index is 2.59. The Hall–Kier alpha value is -5.18. The first kappa shape index (κ1) is 22.5. The molecule has 0 saturated carbocycles. The molecule has 0 amide bonds. The van der Waals surface area contributed by atoms with Crippen molar-refractivity contribution in [2.45, 2.75) is 0 Å². The molecule has 0 fully saturated rings. The molecule has 10 rings (SSSR count). The highest BCUT2D eigenvalue weighted by Crippen LogP contribution is 2.49. The van der Waals surface area contributed by atoms with Gasteiger partial charge in [-0.2, -0.15) is 0 Å². The van der Waals surface area contributed by atoms with Gasteiger partial charge in [-0.25, -0.2) is 0 Å². The molecule has 0 aliphatic heterocycles. The highest BCUT2D eigenvalue weighted by molar-refractivity contribution is 7.27. The van der Waals surface area contributed by atoms with Crippen LogP contribution in [0.5, 0.6) is 0 Å². The average molecular weight is 550 g/mol. The lowest BCUT2D eigenvalue weighted by molar-refractivity contribution is 1.21. The zero-order valence-corrected chi connectivity index (χ0v) is 23.5. The van der Waals surface area contributed by atoms with Crippen LogP contribution in [0.1, 0.15) is 0 Å². The normalized spacial score (nSPS) is 12.3. The molecule has 42 heavy (non-hydrogen) atoms. The summed E-state index contributed by atoms with van der Waals surface area (Å²) < 4.78 is 5.27. The fourth-order valence-corrected chi connectivity index (χ4v) is 8.65. The molecule has 2 aromatic heterocycles. The molecule has 194 valence electrons. The van der Waals surface area contributed by atoms with E-state index in [2.05, 4.69) is 144 Å². The number of rotatable bonds is 1. The van der Waals surface area contributed by atoms with Crippen molar-refractivity contribution in [3.63, 3.8) is 0 Å². The fourth-order valence-electron chi connectivity index (χ4n) is 7.40. The summed E-state index contributed by atoms with van der Waals surface area (Å²) in [4.78, 5) is 0. The molecule has 0 aliphatic carbocycles. The third kappa shape index (κ3) is 2.82. The van der Waals surface area contributed by atoms with E-state index < -0.39 is 0 Å². The van der Waals surface area contributed by atoms with Crippen molar-refractivity contribution in [3.8, 4) is 5.69 Å². The number of thiophene rings is 1. The van der Waals surface area contributed by atoms with Crippen LogP contribution >= 0.6 is 11.3 Å². The van der Waals surface area contributed by atoms with Gasteiger partial charge >= 0.3 is 0 Å². The Morgan fingerprint density at radius 2 is 0.952 bits per heavy atom. The second-order valence-corrected chi connectivity index (χ2v) is 12.3. The maximum absolute atomic E-state index is 2.59. The topological polar surface area (TPSA) is 4.93 Å². The van der Waals surface area contributed by atoms with E-state index in [4.69, 9.17) is 0 Å². The van der Waals surface area contributed by atoms with E-state index in [-0.39, 0.29) is 0 Å². The largest absolute Gasteiger partial charge is 0.307 e. The van der Waals surface area contributed by atoms with Crippen LogP contribution in [0, 0.1) is 0 Å². The van der Waals surface area contributed by atoms with E-state index in [1.54, 1.807) is 0 Å². The van der Waals surface area contributed by atoms with Crippen LogP contribution in [0.4, 0.5) is 0 Å². The van der Waals surface area contributed by atoms with Gasteiger partial charge in [-0.05, 0) is 44.5 Å². The highest BCUT2D eigenvalue weighted by atomic mass is 32.1. The summed E-state index contributed by atoms with van der Waals surface area (Å²) >= 11 is 1.92. The van der Waals surface area contributed by atoms with Crippen molar-refractivity contribution in [1.82, 2.24) is 4.57 Å². The summed E-state index contributed by atoms with van der Waals surface area (Å²) in [6.07, 6.45) is 0. The first-order valence-electron chi connectivity index (χ1n) is 14.5. The minimum atomic E-state index is 1.23. The zero-order chi connectivity index (χ0) is 27.4. The van der Waals surface area contributed by atoms with Crippen molar-refractivity contribution in [3.05, 3.63) is 140 Å².